The summed E-state index contributed by atoms with van der Waals surface area (Å²) in [5.41, 5.74) is 5.18. The molecule has 1 N–H and O–H groups in total. The zero-order valence-electron chi connectivity index (χ0n) is 17.2. The summed E-state index contributed by atoms with van der Waals surface area (Å²) in [5, 5.41) is 9.19. The molecule has 0 aliphatic carbocycles. The number of para-hydroxylation sites is 1. The van der Waals surface area contributed by atoms with Crippen molar-refractivity contribution < 1.29 is 5.11 Å². The summed E-state index contributed by atoms with van der Waals surface area (Å²) in [7, 11) is 1.95. The predicted octanol–water partition coefficient (Wildman–Crippen LogP) is 3.04. The maximum Gasteiger partial charge on any atom is 0.276 e. The van der Waals surface area contributed by atoms with Crippen LogP contribution in [0.25, 0.3) is 5.69 Å². The van der Waals surface area contributed by atoms with Gasteiger partial charge in [0.15, 0.2) is 0 Å². The van der Waals surface area contributed by atoms with Crippen molar-refractivity contribution >= 4 is 0 Å². The van der Waals surface area contributed by atoms with Crippen molar-refractivity contribution in [3.63, 3.8) is 0 Å². The second-order valence-electron chi connectivity index (χ2n) is 8.11. The van der Waals surface area contributed by atoms with Crippen molar-refractivity contribution in [1.82, 2.24) is 14.3 Å². The van der Waals surface area contributed by atoms with E-state index < -0.39 is 0 Å². The largest absolute Gasteiger partial charge is 0.392 e. The highest BCUT2D eigenvalue weighted by molar-refractivity contribution is 5.33. The van der Waals surface area contributed by atoms with E-state index in [1.54, 1.807) is 4.68 Å². The minimum absolute atomic E-state index is 0.0826. The molecule has 0 saturated carbocycles. The van der Waals surface area contributed by atoms with Gasteiger partial charge in [-0.05, 0) is 55.5 Å². The van der Waals surface area contributed by atoms with Crippen LogP contribution in [-0.2, 0) is 26.6 Å². The molecule has 0 amide bonds. The molecular weight excluding hydrogens is 362 g/mol. The third-order valence-electron chi connectivity index (χ3n) is 6.16. The smallest absolute Gasteiger partial charge is 0.276 e. The van der Waals surface area contributed by atoms with Crippen LogP contribution in [0, 0.1) is 12.8 Å². The molecule has 0 unspecified atom stereocenters. The molecule has 1 aliphatic heterocycles. The number of aliphatic hydroxyl groups excluding tert-OH is 1. The van der Waals surface area contributed by atoms with Crippen LogP contribution in [0.1, 0.15) is 28.8 Å². The molecule has 0 radical (unpaired) electrons. The number of aliphatic hydroxyl groups is 1. The highest BCUT2D eigenvalue weighted by Crippen LogP contribution is 2.23. The second kappa shape index (κ2) is 8.39. The van der Waals surface area contributed by atoms with E-state index in [0.717, 1.165) is 48.4 Å². The first kappa shape index (κ1) is 19.7. The number of benzene rings is 2. The number of nitrogens with zero attached hydrogens (tertiary/aromatic N) is 3. The Morgan fingerprint density at radius 3 is 2.41 bits per heavy atom. The standard InChI is InChI=1S/C24H29N3O2/c1-18-23(24(29)27(25(18)2)22-6-4-3-5-7-22)16-26-13-12-21(15-26)14-19-8-10-20(17-28)11-9-19/h3-11,21,28H,12-17H2,1-2H3/t21-/m0/s1. The highest BCUT2D eigenvalue weighted by atomic mass is 16.3. The molecule has 0 bridgehead atoms. The van der Waals surface area contributed by atoms with E-state index in [-0.39, 0.29) is 12.2 Å². The Morgan fingerprint density at radius 2 is 1.72 bits per heavy atom. The summed E-state index contributed by atoms with van der Waals surface area (Å²) in [5.74, 6) is 0.607. The van der Waals surface area contributed by atoms with Gasteiger partial charge < -0.3 is 5.11 Å². The van der Waals surface area contributed by atoms with Gasteiger partial charge in [0.05, 0.1) is 17.9 Å². The van der Waals surface area contributed by atoms with Crippen molar-refractivity contribution in [2.24, 2.45) is 13.0 Å². The van der Waals surface area contributed by atoms with Gasteiger partial charge in [0.25, 0.3) is 5.56 Å². The first-order chi connectivity index (χ1) is 14.1. The van der Waals surface area contributed by atoms with Crippen molar-refractivity contribution in [1.29, 1.82) is 0 Å². The summed E-state index contributed by atoms with van der Waals surface area (Å²) >= 11 is 0. The molecule has 4 rings (SSSR count). The summed E-state index contributed by atoms with van der Waals surface area (Å²) < 4.78 is 3.73. The topological polar surface area (TPSA) is 50.4 Å². The van der Waals surface area contributed by atoms with Gasteiger partial charge in [0, 0.05) is 25.8 Å². The highest BCUT2D eigenvalue weighted by Gasteiger charge is 2.25. The Balaban J connectivity index is 1.46. The zero-order valence-corrected chi connectivity index (χ0v) is 17.2. The fourth-order valence-electron chi connectivity index (χ4n) is 4.37. The van der Waals surface area contributed by atoms with Crippen LogP contribution in [0.2, 0.25) is 0 Å². The van der Waals surface area contributed by atoms with E-state index in [4.69, 9.17) is 0 Å². The lowest BCUT2D eigenvalue weighted by Gasteiger charge is -2.15. The van der Waals surface area contributed by atoms with Crippen LogP contribution in [0.4, 0.5) is 0 Å². The number of aromatic nitrogens is 2. The molecule has 5 nitrogen and oxygen atoms in total. The van der Waals surface area contributed by atoms with Crippen molar-refractivity contribution in [2.45, 2.75) is 32.9 Å². The Hall–Kier alpha value is -2.63. The van der Waals surface area contributed by atoms with E-state index >= 15 is 0 Å². The quantitative estimate of drug-likeness (QED) is 0.703. The molecule has 0 spiro atoms. The van der Waals surface area contributed by atoms with Crippen LogP contribution in [0.5, 0.6) is 0 Å². The minimum atomic E-state index is 0.0826. The van der Waals surface area contributed by atoms with Crippen LogP contribution in [0.15, 0.2) is 59.4 Å². The minimum Gasteiger partial charge on any atom is -0.392 e. The number of rotatable bonds is 6. The predicted molar refractivity (Wildman–Crippen MR) is 115 cm³/mol. The van der Waals surface area contributed by atoms with Crippen molar-refractivity contribution in [3.8, 4) is 5.69 Å². The fourth-order valence-corrected chi connectivity index (χ4v) is 4.37. The van der Waals surface area contributed by atoms with E-state index in [1.165, 1.54) is 5.56 Å². The molecule has 1 aliphatic rings. The number of hydrogen-bond donors (Lipinski definition) is 1. The van der Waals surface area contributed by atoms with Gasteiger partial charge >= 0.3 is 0 Å². The van der Waals surface area contributed by atoms with Gasteiger partial charge in [-0.2, -0.15) is 0 Å². The third-order valence-corrected chi connectivity index (χ3v) is 6.16. The van der Waals surface area contributed by atoms with Crippen LogP contribution in [0.3, 0.4) is 0 Å². The van der Waals surface area contributed by atoms with E-state index in [0.29, 0.717) is 12.5 Å². The van der Waals surface area contributed by atoms with Gasteiger partial charge in [0.1, 0.15) is 0 Å². The number of likely N-dealkylation sites (tertiary alicyclic amines) is 1. The summed E-state index contributed by atoms with van der Waals surface area (Å²) in [6, 6.07) is 18.1. The molecule has 5 heteroatoms. The molecular formula is C24H29N3O2. The molecule has 1 atom stereocenters. The molecule has 1 fully saturated rings. The van der Waals surface area contributed by atoms with Gasteiger partial charge in [-0.25, -0.2) is 4.68 Å². The fraction of sp³-hybridized carbons (Fsp3) is 0.375. The molecule has 1 aromatic heterocycles. The Kier molecular flexibility index (Phi) is 5.69. The molecule has 152 valence electrons. The lowest BCUT2D eigenvalue weighted by atomic mass is 9.98. The maximum atomic E-state index is 13.1. The second-order valence-corrected chi connectivity index (χ2v) is 8.11. The van der Waals surface area contributed by atoms with Gasteiger partial charge in [-0.3, -0.25) is 14.4 Å². The third kappa shape index (κ3) is 4.07. The monoisotopic (exact) mass is 391 g/mol. The van der Waals surface area contributed by atoms with E-state index in [9.17, 15) is 9.90 Å². The molecule has 2 heterocycles. The Morgan fingerprint density at radius 1 is 1.03 bits per heavy atom. The van der Waals surface area contributed by atoms with Gasteiger partial charge in [-0.1, -0.05) is 42.5 Å². The first-order valence-electron chi connectivity index (χ1n) is 10.3. The number of hydrogen-bond acceptors (Lipinski definition) is 3. The van der Waals surface area contributed by atoms with Crippen LogP contribution < -0.4 is 5.56 Å². The summed E-state index contributed by atoms with van der Waals surface area (Å²) in [6.07, 6.45) is 2.20. The average molecular weight is 392 g/mol. The lowest BCUT2D eigenvalue weighted by molar-refractivity contribution is 0.282. The normalized spacial score (nSPS) is 17.1. The van der Waals surface area contributed by atoms with Crippen molar-refractivity contribution in [2.75, 3.05) is 13.1 Å². The lowest BCUT2D eigenvalue weighted by Crippen LogP contribution is -2.26. The van der Waals surface area contributed by atoms with E-state index in [2.05, 4.69) is 17.0 Å². The first-order valence-corrected chi connectivity index (χ1v) is 10.3. The molecule has 2 aromatic carbocycles. The Bertz CT molecular complexity index is 1020. The van der Waals surface area contributed by atoms with Crippen LogP contribution >= 0.6 is 0 Å². The van der Waals surface area contributed by atoms with Gasteiger partial charge in [-0.15, -0.1) is 0 Å². The molecule has 3 aromatic rings. The summed E-state index contributed by atoms with van der Waals surface area (Å²) in [6.45, 7) is 4.87. The van der Waals surface area contributed by atoms with Gasteiger partial charge in [0.2, 0.25) is 0 Å². The SMILES string of the molecule is Cc1c(CN2CC[C@@H](Cc3ccc(CO)cc3)C2)c(=O)n(-c2ccccc2)n1C. The maximum absolute atomic E-state index is 13.1. The van der Waals surface area contributed by atoms with E-state index in [1.807, 2.05) is 61.1 Å². The Labute approximate surface area is 171 Å². The molecule has 29 heavy (non-hydrogen) atoms. The zero-order chi connectivity index (χ0) is 20.4. The van der Waals surface area contributed by atoms with Crippen LogP contribution in [-0.4, -0.2) is 32.5 Å². The summed E-state index contributed by atoms with van der Waals surface area (Å²) in [4.78, 5) is 15.5. The average Bonchev–Trinajstić information content (AvgIpc) is 3.27. The molecule has 1 saturated heterocycles. The van der Waals surface area contributed by atoms with Crippen molar-refractivity contribution in [3.05, 3.63) is 87.3 Å².